The zero-order valence-electron chi connectivity index (χ0n) is 15.4. The van der Waals surface area contributed by atoms with Crippen LogP contribution in [0.4, 0.5) is 0 Å². The highest BCUT2D eigenvalue weighted by atomic mass is 31.2. The Hall–Kier alpha value is -0.740. The number of rotatable bonds is 10. The SMILES string of the molecule is CC(=O)N[C@@H](CO)[C@@H](O)[C@H](O[C@@H]1O[C@H](CP(=O)(O)O)[C@H](O)[C@H](O)[C@H]1O)[C@H](O)CO. The van der Waals surface area contributed by atoms with Crippen LogP contribution in [0.1, 0.15) is 6.92 Å². The maximum absolute atomic E-state index is 11.2. The number of carbonyl (C=O) groups excluding carboxylic acids is 1. The second kappa shape index (κ2) is 11.0. The van der Waals surface area contributed by atoms with E-state index >= 15 is 0 Å². The van der Waals surface area contributed by atoms with E-state index in [2.05, 4.69) is 5.32 Å². The molecule has 0 aromatic carbocycles. The van der Waals surface area contributed by atoms with Crippen molar-refractivity contribution in [1.82, 2.24) is 5.32 Å². The fourth-order valence-corrected chi connectivity index (χ4v) is 3.57. The summed E-state index contributed by atoms with van der Waals surface area (Å²) in [6.07, 6.45) is -15.9. The second-order valence-corrected chi connectivity index (χ2v) is 8.39. The third kappa shape index (κ3) is 7.47. The number of hydrogen-bond donors (Lipinski definition) is 10. The van der Waals surface area contributed by atoms with Crippen LogP contribution in [0.25, 0.3) is 0 Å². The third-order valence-electron chi connectivity index (χ3n) is 4.28. The van der Waals surface area contributed by atoms with E-state index in [1.807, 2.05) is 0 Å². The molecule has 172 valence electrons. The highest BCUT2D eigenvalue weighted by Crippen LogP contribution is 2.39. The Kier molecular flexibility index (Phi) is 10.0. The van der Waals surface area contributed by atoms with Crippen molar-refractivity contribution in [2.45, 2.75) is 62.0 Å². The van der Waals surface area contributed by atoms with Crippen LogP contribution in [0, 0.1) is 0 Å². The predicted octanol–water partition coefficient (Wildman–Crippen LogP) is -5.43. The Morgan fingerprint density at radius 1 is 1.10 bits per heavy atom. The maximum atomic E-state index is 11.2. The molecule has 1 rings (SSSR count). The first kappa shape index (κ1) is 26.3. The number of nitrogens with one attached hydrogen (secondary N) is 1. The highest BCUT2D eigenvalue weighted by molar-refractivity contribution is 7.51. The standard InChI is InChI=1S/C14H28NO13P/c1-5(18)15-6(2-16)9(20)13(7(19)3-17)28-14-12(23)11(22)10(21)8(27-14)4-29(24,25)26/h6-14,16-17,19-23H,2-4H2,1H3,(H,15,18)(H2,24,25,26)/t6-,7+,8+,9+,10-,11-,12+,13+,14-/m0/s1. The molecule has 0 radical (unpaired) electrons. The normalized spacial score (nSPS) is 32.3. The summed E-state index contributed by atoms with van der Waals surface area (Å²) in [6.45, 7) is -0.666. The average molecular weight is 449 g/mol. The van der Waals surface area contributed by atoms with Gasteiger partial charge in [-0.1, -0.05) is 0 Å². The molecule has 1 fully saturated rings. The van der Waals surface area contributed by atoms with E-state index in [9.17, 15) is 45.1 Å². The number of aliphatic hydroxyl groups is 7. The van der Waals surface area contributed by atoms with Crippen molar-refractivity contribution < 1.29 is 64.4 Å². The summed E-state index contributed by atoms with van der Waals surface area (Å²) in [5.74, 6) is -0.644. The first-order chi connectivity index (χ1) is 13.3. The van der Waals surface area contributed by atoms with Crippen LogP contribution in [-0.2, 0) is 18.8 Å². The predicted molar refractivity (Wildman–Crippen MR) is 92.3 cm³/mol. The summed E-state index contributed by atoms with van der Waals surface area (Å²) in [4.78, 5) is 29.3. The Morgan fingerprint density at radius 2 is 1.69 bits per heavy atom. The summed E-state index contributed by atoms with van der Waals surface area (Å²) in [5, 5.41) is 70.9. The monoisotopic (exact) mass is 449 g/mol. The third-order valence-corrected chi connectivity index (χ3v) is 5.11. The highest BCUT2D eigenvalue weighted by Gasteiger charge is 2.48. The molecule has 1 heterocycles. The van der Waals surface area contributed by atoms with Gasteiger partial charge >= 0.3 is 7.60 Å². The van der Waals surface area contributed by atoms with Crippen LogP contribution >= 0.6 is 7.60 Å². The van der Waals surface area contributed by atoms with Gasteiger partial charge in [-0.3, -0.25) is 9.36 Å². The minimum atomic E-state index is -4.71. The van der Waals surface area contributed by atoms with Crippen LogP contribution in [0.15, 0.2) is 0 Å². The molecule has 0 spiro atoms. The average Bonchev–Trinajstić information content (AvgIpc) is 2.63. The molecule has 0 unspecified atom stereocenters. The molecule has 29 heavy (non-hydrogen) atoms. The van der Waals surface area contributed by atoms with E-state index in [1.165, 1.54) is 0 Å². The molecule has 0 aromatic rings. The molecule has 1 aliphatic rings. The molecule has 9 atom stereocenters. The van der Waals surface area contributed by atoms with Crippen LogP contribution < -0.4 is 5.32 Å². The van der Waals surface area contributed by atoms with Gasteiger partial charge in [0, 0.05) is 6.92 Å². The zero-order chi connectivity index (χ0) is 22.5. The van der Waals surface area contributed by atoms with Crippen molar-refractivity contribution in [2.24, 2.45) is 0 Å². The van der Waals surface area contributed by atoms with Gasteiger partial charge < -0.3 is 60.3 Å². The molecule has 0 aliphatic carbocycles. The smallest absolute Gasteiger partial charge is 0.328 e. The van der Waals surface area contributed by atoms with Gasteiger partial charge in [0.25, 0.3) is 0 Å². The minimum absolute atomic E-state index is 0.644. The van der Waals surface area contributed by atoms with Crippen molar-refractivity contribution in [1.29, 1.82) is 0 Å². The fraction of sp³-hybridized carbons (Fsp3) is 0.929. The van der Waals surface area contributed by atoms with Crippen LogP contribution in [0.3, 0.4) is 0 Å². The first-order valence-electron chi connectivity index (χ1n) is 8.57. The van der Waals surface area contributed by atoms with Crippen molar-refractivity contribution >= 4 is 13.5 Å². The van der Waals surface area contributed by atoms with Crippen LogP contribution in [-0.4, -0.2) is 126 Å². The number of aliphatic hydroxyl groups excluding tert-OH is 7. The Balaban J connectivity index is 3.06. The van der Waals surface area contributed by atoms with Crippen LogP contribution in [0.5, 0.6) is 0 Å². The minimum Gasteiger partial charge on any atom is -0.394 e. The Labute approximate surface area is 165 Å². The van der Waals surface area contributed by atoms with Gasteiger partial charge in [-0.15, -0.1) is 0 Å². The van der Waals surface area contributed by atoms with Gasteiger partial charge in [-0.25, -0.2) is 0 Å². The largest absolute Gasteiger partial charge is 0.394 e. The molecular formula is C14H28NO13P. The molecule has 10 N–H and O–H groups in total. The summed E-state index contributed by atoms with van der Waals surface area (Å²) < 4.78 is 21.5. The maximum Gasteiger partial charge on any atom is 0.328 e. The topological polar surface area (TPSA) is 247 Å². The van der Waals surface area contributed by atoms with Crippen molar-refractivity contribution in [2.75, 3.05) is 19.4 Å². The summed E-state index contributed by atoms with van der Waals surface area (Å²) in [6, 6.07) is -1.36. The summed E-state index contributed by atoms with van der Waals surface area (Å²) in [7, 11) is -4.71. The van der Waals surface area contributed by atoms with E-state index in [1.54, 1.807) is 0 Å². The van der Waals surface area contributed by atoms with E-state index < -0.39 is 87.9 Å². The van der Waals surface area contributed by atoms with Gasteiger partial charge in [0.05, 0.1) is 25.4 Å². The lowest BCUT2D eigenvalue weighted by Crippen LogP contribution is -2.62. The van der Waals surface area contributed by atoms with E-state index in [0.29, 0.717) is 0 Å². The van der Waals surface area contributed by atoms with Gasteiger partial charge in [0.2, 0.25) is 5.91 Å². The zero-order valence-corrected chi connectivity index (χ0v) is 16.3. The summed E-state index contributed by atoms with van der Waals surface area (Å²) in [5.41, 5.74) is 0. The van der Waals surface area contributed by atoms with Crippen LogP contribution in [0.2, 0.25) is 0 Å². The number of hydrogen-bond acceptors (Lipinski definition) is 11. The lowest BCUT2D eigenvalue weighted by Gasteiger charge is -2.43. The molecule has 0 bridgehead atoms. The molecule has 1 amide bonds. The van der Waals surface area contributed by atoms with E-state index in [-0.39, 0.29) is 0 Å². The molecule has 1 saturated heterocycles. The van der Waals surface area contributed by atoms with Gasteiger partial charge in [-0.05, 0) is 0 Å². The number of carbonyl (C=O) groups is 1. The lowest BCUT2D eigenvalue weighted by atomic mass is 9.98. The second-order valence-electron chi connectivity index (χ2n) is 6.69. The number of ether oxygens (including phenoxy) is 2. The van der Waals surface area contributed by atoms with E-state index in [4.69, 9.17) is 19.3 Å². The van der Waals surface area contributed by atoms with Gasteiger partial charge in [0.1, 0.15) is 42.7 Å². The Bertz CT molecular complexity index is 574. The quantitative estimate of drug-likeness (QED) is 0.140. The van der Waals surface area contributed by atoms with Crippen molar-refractivity contribution in [3.8, 4) is 0 Å². The molecule has 15 heteroatoms. The summed E-state index contributed by atoms with van der Waals surface area (Å²) >= 11 is 0. The molecule has 0 saturated carbocycles. The molecule has 14 nitrogen and oxygen atoms in total. The van der Waals surface area contributed by atoms with E-state index in [0.717, 1.165) is 6.92 Å². The first-order valence-corrected chi connectivity index (χ1v) is 10.4. The Morgan fingerprint density at radius 3 is 2.14 bits per heavy atom. The van der Waals surface area contributed by atoms with Crippen molar-refractivity contribution in [3.63, 3.8) is 0 Å². The van der Waals surface area contributed by atoms with Gasteiger partial charge in [0.15, 0.2) is 6.29 Å². The molecule has 0 aromatic heterocycles. The molecular weight excluding hydrogens is 421 g/mol. The van der Waals surface area contributed by atoms with Crippen molar-refractivity contribution in [3.05, 3.63) is 0 Å². The fourth-order valence-electron chi connectivity index (χ4n) is 2.80. The lowest BCUT2D eigenvalue weighted by molar-refractivity contribution is -0.319. The molecule has 1 aliphatic heterocycles. The van der Waals surface area contributed by atoms with Gasteiger partial charge in [-0.2, -0.15) is 0 Å². The number of amides is 1.